The van der Waals surface area contributed by atoms with Gasteiger partial charge in [-0.25, -0.2) is 4.39 Å². The van der Waals surface area contributed by atoms with Crippen LogP contribution in [-0.4, -0.2) is 15.7 Å². The molecule has 0 saturated carbocycles. The molecule has 0 spiro atoms. The van der Waals surface area contributed by atoms with E-state index in [2.05, 4.69) is 10.4 Å². The lowest BCUT2D eigenvalue weighted by Crippen LogP contribution is -2.13. The molecule has 2 rings (SSSR count). The summed E-state index contributed by atoms with van der Waals surface area (Å²) in [6, 6.07) is 4.31. The SMILES string of the molecule is CCc1nn(C)cc1NC(=O)c1ccc(F)c(C)c1. The molecule has 0 saturated heterocycles. The zero-order valence-corrected chi connectivity index (χ0v) is 11.2. The van der Waals surface area contributed by atoms with E-state index in [-0.39, 0.29) is 11.7 Å². The topological polar surface area (TPSA) is 46.9 Å². The molecule has 1 heterocycles. The van der Waals surface area contributed by atoms with Crippen molar-refractivity contribution in [3.63, 3.8) is 0 Å². The molecule has 1 aromatic heterocycles. The van der Waals surface area contributed by atoms with E-state index in [1.54, 1.807) is 24.9 Å². The Bertz CT molecular complexity index is 619. The number of aromatic nitrogens is 2. The van der Waals surface area contributed by atoms with Crippen molar-refractivity contribution in [2.45, 2.75) is 20.3 Å². The molecule has 0 aliphatic carbocycles. The van der Waals surface area contributed by atoms with E-state index >= 15 is 0 Å². The van der Waals surface area contributed by atoms with Gasteiger partial charge in [-0.2, -0.15) is 5.10 Å². The number of benzene rings is 1. The van der Waals surface area contributed by atoms with Crippen LogP contribution in [0.3, 0.4) is 0 Å². The molecule has 1 N–H and O–H groups in total. The standard InChI is InChI=1S/C14H16FN3O/c1-4-12-13(8-18(3)17-12)16-14(19)10-5-6-11(15)9(2)7-10/h5-8H,4H2,1-3H3,(H,16,19). The second kappa shape index (κ2) is 5.22. The van der Waals surface area contributed by atoms with Crippen LogP contribution in [0, 0.1) is 12.7 Å². The summed E-state index contributed by atoms with van der Waals surface area (Å²) in [6.07, 6.45) is 2.49. The first-order valence-electron chi connectivity index (χ1n) is 6.11. The van der Waals surface area contributed by atoms with Gasteiger partial charge in [-0.3, -0.25) is 9.48 Å². The highest BCUT2D eigenvalue weighted by atomic mass is 19.1. The summed E-state index contributed by atoms with van der Waals surface area (Å²) in [5, 5.41) is 7.05. The average molecular weight is 261 g/mol. The fourth-order valence-electron chi connectivity index (χ4n) is 1.88. The predicted octanol–water partition coefficient (Wildman–Crippen LogP) is 2.68. The maximum Gasteiger partial charge on any atom is 0.255 e. The molecule has 0 unspecified atom stereocenters. The van der Waals surface area contributed by atoms with Gasteiger partial charge in [0.25, 0.3) is 5.91 Å². The predicted molar refractivity (Wildman–Crippen MR) is 71.7 cm³/mol. The third-order valence-electron chi connectivity index (χ3n) is 2.91. The Labute approximate surface area is 111 Å². The number of amides is 1. The second-order valence-corrected chi connectivity index (χ2v) is 4.43. The maximum absolute atomic E-state index is 13.2. The van der Waals surface area contributed by atoms with Crippen LogP contribution >= 0.6 is 0 Å². The van der Waals surface area contributed by atoms with Gasteiger partial charge in [0.2, 0.25) is 0 Å². The Morgan fingerprint density at radius 3 is 2.84 bits per heavy atom. The molecule has 4 nitrogen and oxygen atoms in total. The summed E-state index contributed by atoms with van der Waals surface area (Å²) in [5.41, 5.74) is 2.41. The lowest BCUT2D eigenvalue weighted by atomic mass is 10.1. The molecule has 0 radical (unpaired) electrons. The number of rotatable bonds is 3. The number of aryl methyl sites for hydroxylation is 3. The van der Waals surface area contributed by atoms with E-state index in [1.807, 2.05) is 6.92 Å². The van der Waals surface area contributed by atoms with E-state index in [1.165, 1.54) is 18.2 Å². The highest BCUT2D eigenvalue weighted by Gasteiger charge is 2.12. The number of carbonyl (C=O) groups excluding carboxylic acids is 1. The van der Waals surface area contributed by atoms with E-state index in [4.69, 9.17) is 0 Å². The molecular weight excluding hydrogens is 245 g/mol. The molecule has 0 aliphatic rings. The van der Waals surface area contributed by atoms with Crippen LogP contribution < -0.4 is 5.32 Å². The number of carbonyl (C=O) groups is 1. The highest BCUT2D eigenvalue weighted by Crippen LogP contribution is 2.16. The van der Waals surface area contributed by atoms with Crippen molar-refractivity contribution in [3.8, 4) is 0 Å². The lowest BCUT2D eigenvalue weighted by Gasteiger charge is -2.05. The Hall–Kier alpha value is -2.17. The summed E-state index contributed by atoms with van der Waals surface area (Å²) in [7, 11) is 1.80. The molecule has 5 heteroatoms. The molecule has 1 aromatic carbocycles. The van der Waals surface area contributed by atoms with Crippen molar-refractivity contribution >= 4 is 11.6 Å². The third-order valence-corrected chi connectivity index (χ3v) is 2.91. The van der Waals surface area contributed by atoms with Gasteiger partial charge in [0.05, 0.1) is 11.4 Å². The van der Waals surface area contributed by atoms with Gasteiger partial charge in [-0.05, 0) is 37.1 Å². The van der Waals surface area contributed by atoms with E-state index in [0.29, 0.717) is 16.8 Å². The van der Waals surface area contributed by atoms with E-state index in [0.717, 1.165) is 12.1 Å². The quantitative estimate of drug-likeness (QED) is 0.923. The van der Waals surface area contributed by atoms with Crippen LogP contribution in [0.5, 0.6) is 0 Å². The van der Waals surface area contributed by atoms with Crippen molar-refractivity contribution in [2.75, 3.05) is 5.32 Å². The monoisotopic (exact) mass is 261 g/mol. The summed E-state index contributed by atoms with van der Waals surface area (Å²) < 4.78 is 14.8. The molecule has 19 heavy (non-hydrogen) atoms. The minimum Gasteiger partial charge on any atom is -0.319 e. The van der Waals surface area contributed by atoms with E-state index in [9.17, 15) is 9.18 Å². The molecular formula is C14H16FN3O. The molecule has 2 aromatic rings. The summed E-state index contributed by atoms with van der Waals surface area (Å²) >= 11 is 0. The van der Waals surface area contributed by atoms with Crippen LogP contribution in [0.25, 0.3) is 0 Å². The molecule has 0 bridgehead atoms. The Morgan fingerprint density at radius 2 is 2.21 bits per heavy atom. The van der Waals surface area contributed by atoms with Gasteiger partial charge in [-0.15, -0.1) is 0 Å². The third kappa shape index (κ3) is 2.81. The first-order valence-corrected chi connectivity index (χ1v) is 6.11. The smallest absolute Gasteiger partial charge is 0.255 e. The van der Waals surface area contributed by atoms with Crippen LogP contribution in [-0.2, 0) is 13.5 Å². The summed E-state index contributed by atoms with van der Waals surface area (Å²) in [4.78, 5) is 12.1. The van der Waals surface area contributed by atoms with Gasteiger partial charge in [0.1, 0.15) is 5.82 Å². The number of hydrogen-bond donors (Lipinski definition) is 1. The fraction of sp³-hybridized carbons (Fsp3) is 0.286. The highest BCUT2D eigenvalue weighted by molar-refractivity contribution is 6.04. The van der Waals surface area contributed by atoms with Gasteiger partial charge < -0.3 is 5.32 Å². The number of halogens is 1. The van der Waals surface area contributed by atoms with Gasteiger partial charge >= 0.3 is 0 Å². The lowest BCUT2D eigenvalue weighted by molar-refractivity contribution is 0.102. The Kier molecular flexibility index (Phi) is 3.64. The number of nitrogens with zero attached hydrogens (tertiary/aromatic N) is 2. The first-order chi connectivity index (χ1) is 9.01. The van der Waals surface area contributed by atoms with Gasteiger partial charge in [0, 0.05) is 18.8 Å². The number of nitrogens with one attached hydrogen (secondary N) is 1. The number of anilines is 1. The minimum atomic E-state index is -0.313. The van der Waals surface area contributed by atoms with Crippen molar-refractivity contribution < 1.29 is 9.18 Å². The fourth-order valence-corrected chi connectivity index (χ4v) is 1.88. The molecule has 0 atom stereocenters. The van der Waals surface area contributed by atoms with Gasteiger partial charge in [-0.1, -0.05) is 6.92 Å². The molecule has 0 aliphatic heterocycles. The van der Waals surface area contributed by atoms with Crippen LogP contribution in [0.1, 0.15) is 28.5 Å². The Morgan fingerprint density at radius 1 is 1.47 bits per heavy atom. The molecule has 0 fully saturated rings. The zero-order valence-electron chi connectivity index (χ0n) is 11.2. The van der Waals surface area contributed by atoms with Crippen molar-refractivity contribution in [1.29, 1.82) is 0 Å². The zero-order chi connectivity index (χ0) is 14.0. The summed E-state index contributed by atoms with van der Waals surface area (Å²) in [5.74, 6) is -0.571. The van der Waals surface area contributed by atoms with Crippen LogP contribution in [0.2, 0.25) is 0 Å². The number of hydrogen-bond acceptors (Lipinski definition) is 2. The van der Waals surface area contributed by atoms with Crippen molar-refractivity contribution in [2.24, 2.45) is 7.05 Å². The van der Waals surface area contributed by atoms with E-state index < -0.39 is 0 Å². The van der Waals surface area contributed by atoms with Crippen LogP contribution in [0.15, 0.2) is 24.4 Å². The second-order valence-electron chi connectivity index (χ2n) is 4.43. The van der Waals surface area contributed by atoms with Gasteiger partial charge in [0.15, 0.2) is 0 Å². The molecule has 100 valence electrons. The largest absolute Gasteiger partial charge is 0.319 e. The average Bonchev–Trinajstić information content (AvgIpc) is 2.72. The van der Waals surface area contributed by atoms with Crippen LogP contribution in [0.4, 0.5) is 10.1 Å². The normalized spacial score (nSPS) is 10.5. The van der Waals surface area contributed by atoms with Crippen molar-refractivity contribution in [1.82, 2.24) is 9.78 Å². The summed E-state index contributed by atoms with van der Waals surface area (Å²) in [6.45, 7) is 3.60. The Balaban J connectivity index is 2.22. The maximum atomic E-state index is 13.2. The van der Waals surface area contributed by atoms with Crippen molar-refractivity contribution in [3.05, 3.63) is 47.0 Å². The minimum absolute atomic E-state index is 0.259. The first kappa shape index (κ1) is 13.3. The molecule has 1 amide bonds.